The normalized spacial score (nSPS) is 20.7. The van der Waals surface area contributed by atoms with Gasteiger partial charge in [-0.1, -0.05) is 12.1 Å². The van der Waals surface area contributed by atoms with Crippen LogP contribution in [0.5, 0.6) is 0 Å². The summed E-state index contributed by atoms with van der Waals surface area (Å²) >= 11 is 1.72. The molecule has 1 aromatic carbocycles. The van der Waals surface area contributed by atoms with Crippen molar-refractivity contribution >= 4 is 17.3 Å². The van der Waals surface area contributed by atoms with Crippen molar-refractivity contribution in [2.45, 2.75) is 38.9 Å². The van der Waals surface area contributed by atoms with Gasteiger partial charge in [-0.05, 0) is 38.0 Å². The molecule has 146 valence electrons. The fourth-order valence-corrected chi connectivity index (χ4v) is 4.09. The van der Waals surface area contributed by atoms with Gasteiger partial charge in [0.25, 0.3) is 0 Å². The standard InChI is InChI=1S/C20H27FN4OS/c1-14-13-27-19(24-14)5-4-10-23-20(22-3)25-11-15(2)26-18(12-25)16-6-8-17(21)9-7-16/h6-9,13,15,18H,4-5,10-12H2,1-3H3,(H,22,23). The van der Waals surface area contributed by atoms with Gasteiger partial charge >= 0.3 is 0 Å². The summed E-state index contributed by atoms with van der Waals surface area (Å²) in [5.74, 6) is 0.653. The lowest BCUT2D eigenvalue weighted by Crippen LogP contribution is -2.50. The van der Waals surface area contributed by atoms with Crippen molar-refractivity contribution in [3.05, 3.63) is 51.7 Å². The molecule has 2 atom stereocenters. The highest BCUT2D eigenvalue weighted by Gasteiger charge is 2.28. The van der Waals surface area contributed by atoms with Crippen molar-refractivity contribution < 1.29 is 9.13 Å². The first-order valence-corrected chi connectivity index (χ1v) is 10.2. The molecular weight excluding hydrogens is 363 g/mol. The van der Waals surface area contributed by atoms with Crippen LogP contribution in [0, 0.1) is 12.7 Å². The van der Waals surface area contributed by atoms with E-state index in [1.807, 2.05) is 6.92 Å². The number of hydrogen-bond donors (Lipinski definition) is 1. The highest BCUT2D eigenvalue weighted by Crippen LogP contribution is 2.25. The number of halogens is 1. The molecule has 0 spiro atoms. The lowest BCUT2D eigenvalue weighted by molar-refractivity contribution is -0.0605. The average Bonchev–Trinajstić information content (AvgIpc) is 3.07. The number of aryl methyl sites for hydroxylation is 2. The second-order valence-electron chi connectivity index (χ2n) is 6.85. The second kappa shape index (κ2) is 9.28. The molecule has 1 saturated heterocycles. The topological polar surface area (TPSA) is 49.8 Å². The van der Waals surface area contributed by atoms with Gasteiger partial charge in [0.05, 0.1) is 17.7 Å². The summed E-state index contributed by atoms with van der Waals surface area (Å²) in [7, 11) is 1.81. The molecule has 1 aromatic heterocycles. The Kier molecular flexibility index (Phi) is 6.79. The van der Waals surface area contributed by atoms with Crippen LogP contribution in [0.4, 0.5) is 4.39 Å². The van der Waals surface area contributed by atoms with Crippen molar-refractivity contribution in [1.29, 1.82) is 0 Å². The molecule has 27 heavy (non-hydrogen) atoms. The summed E-state index contributed by atoms with van der Waals surface area (Å²) in [5.41, 5.74) is 2.08. The van der Waals surface area contributed by atoms with Crippen LogP contribution in [-0.2, 0) is 11.2 Å². The van der Waals surface area contributed by atoms with Crippen molar-refractivity contribution in [2.75, 3.05) is 26.7 Å². The first-order chi connectivity index (χ1) is 13.0. The minimum absolute atomic E-state index is 0.0747. The maximum Gasteiger partial charge on any atom is 0.193 e. The van der Waals surface area contributed by atoms with Crippen molar-refractivity contribution in [2.24, 2.45) is 4.99 Å². The number of guanidine groups is 1. The molecule has 7 heteroatoms. The first kappa shape index (κ1) is 19.8. The molecule has 0 aliphatic carbocycles. The van der Waals surface area contributed by atoms with E-state index < -0.39 is 0 Å². The molecular formula is C20H27FN4OS. The van der Waals surface area contributed by atoms with Gasteiger partial charge < -0.3 is 15.0 Å². The summed E-state index contributed by atoms with van der Waals surface area (Å²) in [6.45, 7) is 6.40. The van der Waals surface area contributed by atoms with Crippen molar-refractivity contribution in [3.63, 3.8) is 0 Å². The molecule has 2 unspecified atom stereocenters. The van der Waals surface area contributed by atoms with E-state index in [1.54, 1.807) is 30.5 Å². The number of ether oxygens (including phenoxy) is 1. The Hall–Kier alpha value is -1.99. The van der Waals surface area contributed by atoms with E-state index >= 15 is 0 Å². The fraction of sp³-hybridized carbons (Fsp3) is 0.500. The zero-order valence-corrected chi connectivity index (χ0v) is 16.9. The number of nitrogens with one attached hydrogen (secondary N) is 1. The maximum absolute atomic E-state index is 13.2. The number of aromatic nitrogens is 1. The van der Waals surface area contributed by atoms with Crippen LogP contribution in [0.1, 0.15) is 35.7 Å². The molecule has 2 aromatic rings. The minimum Gasteiger partial charge on any atom is -0.367 e. The van der Waals surface area contributed by atoms with Crippen LogP contribution in [-0.4, -0.2) is 48.6 Å². The fourth-order valence-electron chi connectivity index (χ4n) is 3.28. The Balaban J connectivity index is 1.54. The van der Waals surface area contributed by atoms with Gasteiger partial charge in [-0.25, -0.2) is 9.37 Å². The second-order valence-corrected chi connectivity index (χ2v) is 7.79. The Labute approximate surface area is 164 Å². The quantitative estimate of drug-likeness (QED) is 0.482. The molecule has 1 aliphatic heterocycles. The third-order valence-electron chi connectivity index (χ3n) is 4.53. The summed E-state index contributed by atoms with van der Waals surface area (Å²) in [6, 6.07) is 6.55. The molecule has 1 N–H and O–H groups in total. The molecule has 1 fully saturated rings. The number of nitrogens with zero attached hydrogens (tertiary/aromatic N) is 3. The van der Waals surface area contributed by atoms with Gasteiger partial charge in [-0.2, -0.15) is 0 Å². The van der Waals surface area contributed by atoms with E-state index in [1.165, 1.54) is 17.1 Å². The van der Waals surface area contributed by atoms with Gasteiger partial charge in [0.1, 0.15) is 11.9 Å². The third kappa shape index (κ3) is 5.49. The van der Waals surface area contributed by atoms with E-state index in [4.69, 9.17) is 4.74 Å². The van der Waals surface area contributed by atoms with Gasteiger partial charge in [0.15, 0.2) is 5.96 Å². The Bertz CT molecular complexity index is 762. The summed E-state index contributed by atoms with van der Waals surface area (Å²) < 4.78 is 19.3. The van der Waals surface area contributed by atoms with E-state index in [9.17, 15) is 4.39 Å². The van der Waals surface area contributed by atoms with Crippen LogP contribution in [0.15, 0.2) is 34.6 Å². The van der Waals surface area contributed by atoms with Crippen LogP contribution in [0.2, 0.25) is 0 Å². The number of morpholine rings is 1. The molecule has 0 saturated carbocycles. The SMILES string of the molecule is CN=C(NCCCc1nc(C)cs1)N1CC(C)OC(c2ccc(F)cc2)C1. The monoisotopic (exact) mass is 390 g/mol. The highest BCUT2D eigenvalue weighted by atomic mass is 32.1. The van der Waals surface area contributed by atoms with Crippen molar-refractivity contribution in [3.8, 4) is 0 Å². The van der Waals surface area contributed by atoms with Gasteiger partial charge in [-0.3, -0.25) is 4.99 Å². The van der Waals surface area contributed by atoms with Crippen LogP contribution in [0.25, 0.3) is 0 Å². The van der Waals surface area contributed by atoms with Crippen LogP contribution in [0.3, 0.4) is 0 Å². The molecule has 5 nitrogen and oxygen atoms in total. The molecule has 0 bridgehead atoms. The smallest absolute Gasteiger partial charge is 0.193 e. The Morgan fingerprint density at radius 2 is 2.15 bits per heavy atom. The number of hydrogen-bond acceptors (Lipinski definition) is 4. The molecule has 2 heterocycles. The lowest BCUT2D eigenvalue weighted by Gasteiger charge is -2.38. The number of benzene rings is 1. The summed E-state index contributed by atoms with van der Waals surface area (Å²) in [5, 5.41) is 6.73. The van der Waals surface area contributed by atoms with Crippen LogP contribution < -0.4 is 5.32 Å². The van der Waals surface area contributed by atoms with Gasteiger partial charge in [-0.15, -0.1) is 11.3 Å². The van der Waals surface area contributed by atoms with E-state index in [0.717, 1.165) is 43.1 Å². The predicted molar refractivity (Wildman–Crippen MR) is 108 cm³/mol. The number of rotatable bonds is 5. The first-order valence-electron chi connectivity index (χ1n) is 9.32. The zero-order chi connectivity index (χ0) is 19.2. The van der Waals surface area contributed by atoms with Crippen LogP contribution >= 0.6 is 11.3 Å². The summed E-state index contributed by atoms with van der Waals surface area (Å²) in [6.07, 6.45) is 1.96. The lowest BCUT2D eigenvalue weighted by atomic mass is 10.1. The van der Waals surface area contributed by atoms with Gasteiger partial charge in [0, 0.05) is 37.6 Å². The van der Waals surface area contributed by atoms with E-state index in [-0.39, 0.29) is 18.0 Å². The third-order valence-corrected chi connectivity index (χ3v) is 5.56. The Morgan fingerprint density at radius 1 is 1.37 bits per heavy atom. The zero-order valence-electron chi connectivity index (χ0n) is 16.1. The largest absolute Gasteiger partial charge is 0.367 e. The van der Waals surface area contributed by atoms with Crippen molar-refractivity contribution in [1.82, 2.24) is 15.2 Å². The molecule has 3 rings (SSSR count). The minimum atomic E-state index is -0.229. The molecule has 0 amide bonds. The Morgan fingerprint density at radius 3 is 2.81 bits per heavy atom. The average molecular weight is 391 g/mol. The highest BCUT2D eigenvalue weighted by molar-refractivity contribution is 7.09. The molecule has 1 aliphatic rings. The van der Waals surface area contributed by atoms with Gasteiger partial charge in [0.2, 0.25) is 0 Å². The molecule has 0 radical (unpaired) electrons. The predicted octanol–water partition coefficient (Wildman–Crippen LogP) is 3.56. The summed E-state index contributed by atoms with van der Waals surface area (Å²) in [4.78, 5) is 11.2. The number of thiazole rings is 1. The number of aliphatic imine (C=N–C) groups is 1. The van der Waals surface area contributed by atoms with E-state index in [0.29, 0.717) is 6.54 Å². The maximum atomic E-state index is 13.2. The van der Waals surface area contributed by atoms with E-state index in [2.05, 4.69) is 32.5 Å².